The molecule has 1 atom stereocenters. The molecule has 2 N–H and O–H groups in total. The van der Waals surface area contributed by atoms with E-state index in [0.29, 0.717) is 12.1 Å². The van der Waals surface area contributed by atoms with Crippen molar-refractivity contribution in [3.8, 4) is 0 Å². The first kappa shape index (κ1) is 14.4. The number of aromatic nitrogens is 2. The molecule has 0 radical (unpaired) electrons. The van der Waals surface area contributed by atoms with Gasteiger partial charge in [0.2, 0.25) is 5.89 Å². The number of nitrogen functional groups attached to an aromatic ring is 1. The lowest BCUT2D eigenvalue weighted by atomic mass is 9.98. The highest BCUT2D eigenvalue weighted by Gasteiger charge is 2.30. The van der Waals surface area contributed by atoms with E-state index in [2.05, 4.69) is 10.1 Å². The lowest BCUT2D eigenvalue weighted by Gasteiger charge is -2.09. The van der Waals surface area contributed by atoms with Gasteiger partial charge in [-0.05, 0) is 23.6 Å². The molecule has 0 spiro atoms. The molecule has 1 aromatic heterocycles. The van der Waals surface area contributed by atoms with Crippen LogP contribution in [0.1, 0.15) is 30.1 Å². The Labute approximate surface area is 113 Å². The molecular formula is C13H14F3N3O. The van der Waals surface area contributed by atoms with E-state index in [0.717, 1.165) is 5.56 Å². The Hall–Kier alpha value is -2.05. The van der Waals surface area contributed by atoms with Gasteiger partial charge in [-0.15, -0.1) is 0 Å². The maximum absolute atomic E-state index is 12.2. The van der Waals surface area contributed by atoms with E-state index in [1.807, 2.05) is 19.1 Å². The van der Waals surface area contributed by atoms with Crippen LogP contribution in [0.25, 0.3) is 0 Å². The van der Waals surface area contributed by atoms with Crippen molar-refractivity contribution in [2.45, 2.75) is 31.9 Å². The minimum Gasteiger partial charge on any atom is -0.399 e. The van der Waals surface area contributed by atoms with E-state index < -0.39 is 12.6 Å². The van der Waals surface area contributed by atoms with Crippen molar-refractivity contribution in [1.82, 2.24) is 10.1 Å². The minimum absolute atomic E-state index is 0.0507. The average Bonchev–Trinajstić information content (AvgIpc) is 2.74. The second-order valence-electron chi connectivity index (χ2n) is 4.67. The van der Waals surface area contributed by atoms with E-state index in [1.165, 1.54) is 0 Å². The maximum Gasteiger partial charge on any atom is 0.396 e. The van der Waals surface area contributed by atoms with Crippen LogP contribution in [0, 0.1) is 0 Å². The summed E-state index contributed by atoms with van der Waals surface area (Å²) in [6, 6.07) is 7.28. The average molecular weight is 285 g/mol. The molecule has 4 nitrogen and oxygen atoms in total. The second kappa shape index (κ2) is 5.52. The van der Waals surface area contributed by atoms with Crippen LogP contribution >= 0.6 is 0 Å². The quantitative estimate of drug-likeness (QED) is 0.877. The smallest absolute Gasteiger partial charge is 0.396 e. The SMILES string of the molecule is CC(Cc1nc(CC(F)(F)F)no1)c1ccc(N)cc1. The van der Waals surface area contributed by atoms with Crippen molar-refractivity contribution in [1.29, 1.82) is 0 Å². The zero-order valence-corrected chi connectivity index (χ0v) is 10.8. The summed E-state index contributed by atoms with van der Waals surface area (Å²) in [5, 5.41) is 3.34. The molecule has 0 saturated heterocycles. The van der Waals surface area contributed by atoms with E-state index in [4.69, 9.17) is 10.3 Å². The standard InChI is InChI=1S/C13H14F3N3O/c1-8(9-2-4-10(17)5-3-9)6-12-18-11(19-20-12)7-13(14,15)16/h2-5,8H,6-7,17H2,1H3. The number of nitrogens with two attached hydrogens (primary N) is 1. The minimum atomic E-state index is -4.33. The molecule has 20 heavy (non-hydrogen) atoms. The first-order valence-corrected chi connectivity index (χ1v) is 6.07. The highest BCUT2D eigenvalue weighted by molar-refractivity contribution is 5.40. The van der Waals surface area contributed by atoms with Crippen molar-refractivity contribution < 1.29 is 17.7 Å². The molecule has 2 rings (SSSR count). The number of halogens is 3. The first-order chi connectivity index (χ1) is 9.33. The summed E-state index contributed by atoms with van der Waals surface area (Å²) in [5.41, 5.74) is 7.26. The van der Waals surface area contributed by atoms with Crippen LogP contribution in [-0.4, -0.2) is 16.3 Å². The summed E-state index contributed by atoms with van der Waals surface area (Å²) in [6.45, 7) is 1.93. The maximum atomic E-state index is 12.2. The zero-order chi connectivity index (χ0) is 14.8. The molecule has 1 aromatic carbocycles. The van der Waals surface area contributed by atoms with Gasteiger partial charge in [0.05, 0.1) is 0 Å². The molecule has 0 fully saturated rings. The Kier molecular flexibility index (Phi) is 3.96. The Morgan fingerprint density at radius 3 is 2.50 bits per heavy atom. The third-order valence-electron chi connectivity index (χ3n) is 2.86. The highest BCUT2D eigenvalue weighted by atomic mass is 19.4. The van der Waals surface area contributed by atoms with Crippen molar-refractivity contribution in [2.75, 3.05) is 5.73 Å². The Morgan fingerprint density at radius 1 is 1.25 bits per heavy atom. The predicted octanol–water partition coefficient (Wildman–Crippen LogP) is 3.10. The highest BCUT2D eigenvalue weighted by Crippen LogP contribution is 2.22. The van der Waals surface area contributed by atoms with Gasteiger partial charge < -0.3 is 10.3 Å². The molecule has 108 valence electrons. The van der Waals surface area contributed by atoms with E-state index >= 15 is 0 Å². The molecule has 7 heteroatoms. The number of hydrogen-bond acceptors (Lipinski definition) is 4. The second-order valence-corrected chi connectivity index (χ2v) is 4.67. The first-order valence-electron chi connectivity index (χ1n) is 6.07. The third kappa shape index (κ3) is 3.97. The van der Waals surface area contributed by atoms with Crippen LogP contribution < -0.4 is 5.73 Å². The van der Waals surface area contributed by atoms with Crippen LogP contribution in [0.2, 0.25) is 0 Å². The molecule has 0 aliphatic heterocycles. The van der Waals surface area contributed by atoms with E-state index in [1.54, 1.807) is 12.1 Å². The van der Waals surface area contributed by atoms with Gasteiger partial charge in [-0.1, -0.05) is 24.2 Å². The Morgan fingerprint density at radius 2 is 1.90 bits per heavy atom. The molecule has 0 saturated carbocycles. The third-order valence-corrected chi connectivity index (χ3v) is 2.86. The summed E-state index contributed by atoms with van der Waals surface area (Å²) in [4.78, 5) is 3.76. The molecule has 0 bridgehead atoms. The van der Waals surface area contributed by atoms with Crippen LogP contribution in [0.15, 0.2) is 28.8 Å². The monoisotopic (exact) mass is 285 g/mol. The van der Waals surface area contributed by atoms with Crippen molar-refractivity contribution in [3.63, 3.8) is 0 Å². The zero-order valence-electron chi connectivity index (χ0n) is 10.8. The molecule has 0 aliphatic carbocycles. The molecule has 0 aliphatic rings. The van der Waals surface area contributed by atoms with Gasteiger partial charge in [0, 0.05) is 12.1 Å². The van der Waals surface area contributed by atoms with E-state index in [-0.39, 0.29) is 17.6 Å². The molecule has 0 amide bonds. The van der Waals surface area contributed by atoms with Crippen LogP contribution in [-0.2, 0) is 12.8 Å². The number of benzene rings is 1. The Bertz CT molecular complexity index is 563. The lowest BCUT2D eigenvalue weighted by molar-refractivity contribution is -0.128. The molecule has 1 heterocycles. The van der Waals surface area contributed by atoms with E-state index in [9.17, 15) is 13.2 Å². The van der Waals surface area contributed by atoms with Crippen molar-refractivity contribution in [2.24, 2.45) is 0 Å². The number of anilines is 1. The fourth-order valence-electron chi connectivity index (χ4n) is 1.83. The van der Waals surface area contributed by atoms with Gasteiger partial charge in [-0.2, -0.15) is 18.2 Å². The fourth-order valence-corrected chi connectivity index (χ4v) is 1.83. The number of hydrogen-bond donors (Lipinski definition) is 1. The largest absolute Gasteiger partial charge is 0.399 e. The van der Waals surface area contributed by atoms with Gasteiger partial charge >= 0.3 is 6.18 Å². The van der Waals surface area contributed by atoms with Crippen LogP contribution in [0.5, 0.6) is 0 Å². The van der Waals surface area contributed by atoms with Gasteiger partial charge in [-0.3, -0.25) is 0 Å². The fraction of sp³-hybridized carbons (Fsp3) is 0.385. The molecule has 1 unspecified atom stereocenters. The number of rotatable bonds is 4. The van der Waals surface area contributed by atoms with Crippen LogP contribution in [0.3, 0.4) is 0 Å². The summed E-state index contributed by atoms with van der Waals surface area (Å²) < 4.78 is 41.4. The lowest BCUT2D eigenvalue weighted by Crippen LogP contribution is -2.12. The van der Waals surface area contributed by atoms with Crippen LogP contribution in [0.4, 0.5) is 18.9 Å². The van der Waals surface area contributed by atoms with Gasteiger partial charge in [0.15, 0.2) is 5.82 Å². The Balaban J connectivity index is 2.01. The summed E-state index contributed by atoms with van der Waals surface area (Å²) in [7, 11) is 0. The topological polar surface area (TPSA) is 64.9 Å². The summed E-state index contributed by atoms with van der Waals surface area (Å²) in [5.74, 6) is -0.0830. The predicted molar refractivity (Wildman–Crippen MR) is 67.0 cm³/mol. The summed E-state index contributed by atoms with van der Waals surface area (Å²) >= 11 is 0. The van der Waals surface area contributed by atoms with Gasteiger partial charge in [-0.25, -0.2) is 0 Å². The number of nitrogens with zero attached hydrogens (tertiary/aromatic N) is 2. The van der Waals surface area contributed by atoms with Gasteiger partial charge in [0.1, 0.15) is 6.42 Å². The normalized spacial score (nSPS) is 13.4. The summed E-state index contributed by atoms with van der Waals surface area (Å²) in [6.07, 6.45) is -5.12. The molecule has 2 aromatic rings. The molecular weight excluding hydrogens is 271 g/mol. The number of alkyl halides is 3. The van der Waals surface area contributed by atoms with Crippen molar-refractivity contribution in [3.05, 3.63) is 41.5 Å². The van der Waals surface area contributed by atoms with Crippen molar-refractivity contribution >= 4 is 5.69 Å². The van der Waals surface area contributed by atoms with Gasteiger partial charge in [0.25, 0.3) is 0 Å².